The smallest absolute Gasteiger partial charge is 0.228 e. The summed E-state index contributed by atoms with van der Waals surface area (Å²) in [5.41, 5.74) is 9.14. The molecule has 1 aromatic carbocycles. The summed E-state index contributed by atoms with van der Waals surface area (Å²) in [5.74, 6) is -0.131. The molecular formula is C13H18N2O. The molecule has 1 atom stereocenters. The molecule has 0 radical (unpaired) electrons. The fourth-order valence-corrected chi connectivity index (χ4v) is 2.02. The van der Waals surface area contributed by atoms with Crippen LogP contribution in [0.15, 0.2) is 18.2 Å². The van der Waals surface area contributed by atoms with E-state index < -0.39 is 0 Å². The number of anilines is 1. The van der Waals surface area contributed by atoms with Crippen LogP contribution >= 0.6 is 0 Å². The van der Waals surface area contributed by atoms with E-state index in [2.05, 4.69) is 17.4 Å². The summed E-state index contributed by atoms with van der Waals surface area (Å²) in [4.78, 5) is 11.7. The van der Waals surface area contributed by atoms with Crippen LogP contribution in [0.2, 0.25) is 0 Å². The molecule has 1 unspecified atom stereocenters. The van der Waals surface area contributed by atoms with Gasteiger partial charge in [-0.15, -0.1) is 0 Å². The Kier molecular flexibility index (Phi) is 3.25. The van der Waals surface area contributed by atoms with E-state index in [1.54, 1.807) is 0 Å². The van der Waals surface area contributed by atoms with Crippen molar-refractivity contribution in [2.24, 2.45) is 11.7 Å². The molecule has 86 valence electrons. The summed E-state index contributed by atoms with van der Waals surface area (Å²) < 4.78 is 0. The zero-order chi connectivity index (χ0) is 11.5. The zero-order valence-corrected chi connectivity index (χ0v) is 9.62. The largest absolute Gasteiger partial charge is 0.330 e. The van der Waals surface area contributed by atoms with E-state index in [1.807, 2.05) is 13.0 Å². The lowest BCUT2D eigenvalue weighted by atomic mass is 10.1. The molecule has 2 rings (SSSR count). The number of benzene rings is 1. The quantitative estimate of drug-likeness (QED) is 0.811. The Bertz CT molecular complexity index is 401. The highest BCUT2D eigenvalue weighted by molar-refractivity contribution is 5.92. The predicted octanol–water partition coefficient (Wildman–Crippen LogP) is 1.71. The average molecular weight is 218 g/mol. The Morgan fingerprint density at radius 2 is 2.19 bits per heavy atom. The van der Waals surface area contributed by atoms with E-state index in [-0.39, 0.29) is 11.8 Å². The minimum absolute atomic E-state index is 0.000414. The average Bonchev–Trinajstić information content (AvgIpc) is 2.75. The minimum Gasteiger partial charge on any atom is -0.330 e. The number of aryl methyl sites for hydroxylation is 2. The Morgan fingerprint density at radius 1 is 1.44 bits per heavy atom. The molecule has 0 aromatic heterocycles. The van der Waals surface area contributed by atoms with Gasteiger partial charge in [0.05, 0.1) is 0 Å². The molecular weight excluding hydrogens is 200 g/mol. The van der Waals surface area contributed by atoms with Gasteiger partial charge in [-0.3, -0.25) is 4.79 Å². The van der Waals surface area contributed by atoms with E-state index in [4.69, 9.17) is 5.73 Å². The van der Waals surface area contributed by atoms with E-state index in [0.29, 0.717) is 6.54 Å². The third-order valence-corrected chi connectivity index (χ3v) is 3.17. The summed E-state index contributed by atoms with van der Waals surface area (Å²) in [7, 11) is 0. The lowest BCUT2D eigenvalue weighted by Gasteiger charge is -2.11. The summed E-state index contributed by atoms with van der Waals surface area (Å²) in [5, 5.41) is 2.90. The van der Waals surface area contributed by atoms with Crippen LogP contribution in [0.3, 0.4) is 0 Å². The number of nitrogens with two attached hydrogens (primary N) is 1. The molecule has 1 amide bonds. The van der Waals surface area contributed by atoms with E-state index in [9.17, 15) is 4.79 Å². The van der Waals surface area contributed by atoms with Crippen molar-refractivity contribution in [2.75, 3.05) is 11.9 Å². The molecule has 16 heavy (non-hydrogen) atoms. The highest BCUT2D eigenvalue weighted by Crippen LogP contribution is 2.24. The van der Waals surface area contributed by atoms with Crippen molar-refractivity contribution >= 4 is 11.6 Å². The third-order valence-electron chi connectivity index (χ3n) is 3.17. The van der Waals surface area contributed by atoms with E-state index in [1.165, 1.54) is 24.0 Å². The van der Waals surface area contributed by atoms with Crippen LogP contribution in [0.5, 0.6) is 0 Å². The van der Waals surface area contributed by atoms with Crippen LogP contribution in [0.4, 0.5) is 5.69 Å². The topological polar surface area (TPSA) is 55.1 Å². The minimum atomic E-state index is -0.131. The highest BCUT2D eigenvalue weighted by Gasteiger charge is 2.14. The summed E-state index contributed by atoms with van der Waals surface area (Å²) in [6.45, 7) is 2.22. The first-order chi connectivity index (χ1) is 7.70. The standard InChI is InChI=1S/C13H18N2O/c1-9(8-14)13(16)15-12-6-5-10-3-2-4-11(10)7-12/h5-7,9H,2-4,8,14H2,1H3,(H,15,16). The fraction of sp³-hybridized carbons (Fsp3) is 0.462. The molecule has 0 saturated heterocycles. The van der Waals surface area contributed by atoms with Crippen molar-refractivity contribution in [3.05, 3.63) is 29.3 Å². The molecule has 0 saturated carbocycles. The molecule has 3 N–H and O–H groups in total. The lowest BCUT2D eigenvalue weighted by Crippen LogP contribution is -2.26. The summed E-state index contributed by atoms with van der Waals surface area (Å²) >= 11 is 0. The second-order valence-corrected chi connectivity index (χ2v) is 4.46. The van der Waals surface area contributed by atoms with Crippen molar-refractivity contribution in [2.45, 2.75) is 26.2 Å². The number of carbonyl (C=O) groups excluding carboxylic acids is 1. The Balaban J connectivity index is 2.08. The second kappa shape index (κ2) is 4.66. The second-order valence-electron chi connectivity index (χ2n) is 4.46. The first-order valence-electron chi connectivity index (χ1n) is 5.83. The number of carbonyl (C=O) groups is 1. The van der Waals surface area contributed by atoms with Crippen molar-refractivity contribution in [3.63, 3.8) is 0 Å². The van der Waals surface area contributed by atoms with Crippen molar-refractivity contribution in [1.82, 2.24) is 0 Å². The number of fused-ring (bicyclic) bond motifs is 1. The van der Waals surface area contributed by atoms with Gasteiger partial charge in [0.2, 0.25) is 5.91 Å². The molecule has 3 nitrogen and oxygen atoms in total. The van der Waals surface area contributed by atoms with Gasteiger partial charge in [-0.2, -0.15) is 0 Å². The van der Waals surface area contributed by atoms with Gasteiger partial charge in [0.1, 0.15) is 0 Å². The van der Waals surface area contributed by atoms with E-state index in [0.717, 1.165) is 12.1 Å². The SMILES string of the molecule is CC(CN)C(=O)Nc1ccc2c(c1)CCC2. The van der Waals surface area contributed by atoms with E-state index >= 15 is 0 Å². The number of amides is 1. The van der Waals surface area contributed by atoms with Gasteiger partial charge in [0.15, 0.2) is 0 Å². The number of nitrogens with one attached hydrogen (secondary N) is 1. The predicted molar refractivity (Wildman–Crippen MR) is 65.3 cm³/mol. The normalized spacial score (nSPS) is 15.6. The van der Waals surface area contributed by atoms with Crippen LogP contribution in [0, 0.1) is 5.92 Å². The zero-order valence-electron chi connectivity index (χ0n) is 9.62. The molecule has 0 fully saturated rings. The van der Waals surface area contributed by atoms with Gasteiger partial charge >= 0.3 is 0 Å². The number of hydrogen-bond acceptors (Lipinski definition) is 2. The van der Waals surface area contributed by atoms with Gasteiger partial charge in [0.25, 0.3) is 0 Å². The third kappa shape index (κ3) is 2.25. The summed E-state index contributed by atoms with van der Waals surface area (Å²) in [6, 6.07) is 6.18. The maximum absolute atomic E-state index is 11.7. The molecule has 0 aliphatic heterocycles. The number of rotatable bonds is 3. The molecule has 1 aromatic rings. The van der Waals surface area contributed by atoms with Gasteiger partial charge in [-0.1, -0.05) is 13.0 Å². The first-order valence-corrected chi connectivity index (χ1v) is 5.83. The summed E-state index contributed by atoms with van der Waals surface area (Å²) in [6.07, 6.45) is 3.53. The Morgan fingerprint density at radius 3 is 2.94 bits per heavy atom. The van der Waals surface area contributed by atoms with Crippen LogP contribution < -0.4 is 11.1 Å². The monoisotopic (exact) mass is 218 g/mol. The maximum atomic E-state index is 11.7. The van der Waals surface area contributed by atoms with Gasteiger partial charge in [-0.05, 0) is 42.5 Å². The van der Waals surface area contributed by atoms with Gasteiger partial charge in [0, 0.05) is 18.2 Å². The van der Waals surface area contributed by atoms with Gasteiger partial charge < -0.3 is 11.1 Å². The van der Waals surface area contributed by atoms with Crippen LogP contribution in [-0.4, -0.2) is 12.5 Å². The molecule has 0 heterocycles. The number of hydrogen-bond donors (Lipinski definition) is 2. The molecule has 3 heteroatoms. The van der Waals surface area contributed by atoms with Crippen molar-refractivity contribution in [1.29, 1.82) is 0 Å². The molecule has 1 aliphatic rings. The van der Waals surface area contributed by atoms with Crippen molar-refractivity contribution < 1.29 is 4.79 Å². The van der Waals surface area contributed by atoms with Crippen LogP contribution in [0.25, 0.3) is 0 Å². The fourth-order valence-electron chi connectivity index (χ4n) is 2.02. The van der Waals surface area contributed by atoms with Crippen LogP contribution in [-0.2, 0) is 17.6 Å². The van der Waals surface area contributed by atoms with Crippen LogP contribution in [0.1, 0.15) is 24.5 Å². The molecule has 0 spiro atoms. The van der Waals surface area contributed by atoms with Crippen molar-refractivity contribution in [3.8, 4) is 0 Å². The first kappa shape index (κ1) is 11.1. The maximum Gasteiger partial charge on any atom is 0.228 e. The lowest BCUT2D eigenvalue weighted by molar-refractivity contribution is -0.119. The highest BCUT2D eigenvalue weighted by atomic mass is 16.1. The molecule has 0 bridgehead atoms. The van der Waals surface area contributed by atoms with Gasteiger partial charge in [-0.25, -0.2) is 0 Å². The Hall–Kier alpha value is -1.35. The Labute approximate surface area is 96.0 Å². The molecule has 1 aliphatic carbocycles.